The molecular formula is C44H35N7O. The first-order valence-electron chi connectivity index (χ1n) is 17.3. The van der Waals surface area contributed by atoms with Gasteiger partial charge in [-0.3, -0.25) is 4.57 Å². The van der Waals surface area contributed by atoms with Crippen LogP contribution in [-0.2, 0) is 0 Å². The zero-order chi connectivity index (χ0) is 35.2. The number of rotatable bonds is 7. The van der Waals surface area contributed by atoms with E-state index in [2.05, 4.69) is 145 Å². The van der Waals surface area contributed by atoms with Gasteiger partial charge in [0.25, 0.3) is 0 Å². The number of fused-ring (bicyclic) bond motifs is 3. The predicted octanol–water partition coefficient (Wildman–Crippen LogP) is 9.95. The van der Waals surface area contributed by atoms with Gasteiger partial charge in [0.15, 0.2) is 17.5 Å². The minimum atomic E-state index is 0.521. The Kier molecular flexibility index (Phi) is 7.69. The molecule has 8 nitrogen and oxygen atoms in total. The average Bonchev–Trinajstić information content (AvgIpc) is 3.76. The van der Waals surface area contributed by atoms with Crippen molar-refractivity contribution in [1.82, 2.24) is 29.4 Å². The van der Waals surface area contributed by atoms with Gasteiger partial charge in [-0.2, -0.15) is 0 Å². The second-order valence-electron chi connectivity index (χ2n) is 13.2. The lowest BCUT2D eigenvalue weighted by Gasteiger charge is -2.19. The summed E-state index contributed by atoms with van der Waals surface area (Å²) in [5.41, 5.74) is 7.95. The van der Waals surface area contributed by atoms with Crippen molar-refractivity contribution in [2.24, 2.45) is 0 Å². The SMILES string of the molecule is Cc1ccc(-c2nc(-c3ccc(C)cc3)nc(-c3cc4c5ccccc5n(-c5ccccn5)c4cc3Oc3cccc(N4C=CN(C)C4)c3)n2)cc1. The fraction of sp³-hybridized carbons (Fsp3) is 0.0909. The Morgan fingerprint density at radius 3 is 1.96 bits per heavy atom. The Morgan fingerprint density at radius 2 is 1.29 bits per heavy atom. The van der Waals surface area contributed by atoms with E-state index in [1.54, 1.807) is 0 Å². The first kappa shape index (κ1) is 31.2. The number of pyridine rings is 1. The van der Waals surface area contributed by atoms with Gasteiger partial charge in [0, 0.05) is 65.4 Å². The number of nitrogens with zero attached hydrogens (tertiary/aromatic N) is 7. The molecule has 0 saturated heterocycles. The minimum absolute atomic E-state index is 0.521. The second-order valence-corrected chi connectivity index (χ2v) is 13.2. The number of hydrogen-bond donors (Lipinski definition) is 0. The van der Waals surface area contributed by atoms with E-state index < -0.39 is 0 Å². The van der Waals surface area contributed by atoms with Gasteiger partial charge in [-0.1, -0.05) is 90.0 Å². The van der Waals surface area contributed by atoms with Crippen molar-refractivity contribution in [3.8, 4) is 51.5 Å². The van der Waals surface area contributed by atoms with Crippen molar-refractivity contribution in [3.63, 3.8) is 0 Å². The summed E-state index contributed by atoms with van der Waals surface area (Å²) < 4.78 is 9.10. The molecule has 4 heterocycles. The number of anilines is 1. The van der Waals surface area contributed by atoms with Crippen LogP contribution in [-0.4, -0.2) is 43.1 Å². The third kappa shape index (κ3) is 5.80. The second kappa shape index (κ2) is 12.8. The zero-order valence-corrected chi connectivity index (χ0v) is 29.1. The van der Waals surface area contributed by atoms with Crippen LogP contribution in [0.3, 0.4) is 0 Å². The molecule has 0 bridgehead atoms. The summed E-state index contributed by atoms with van der Waals surface area (Å²) >= 11 is 0. The van der Waals surface area contributed by atoms with Gasteiger partial charge in [-0.05, 0) is 50.2 Å². The lowest BCUT2D eigenvalue weighted by atomic mass is 10.1. The quantitative estimate of drug-likeness (QED) is 0.166. The van der Waals surface area contributed by atoms with Crippen LogP contribution in [0.5, 0.6) is 11.5 Å². The van der Waals surface area contributed by atoms with E-state index in [1.165, 1.54) is 11.1 Å². The maximum Gasteiger partial charge on any atom is 0.167 e. The Balaban J connectivity index is 1.29. The van der Waals surface area contributed by atoms with Gasteiger partial charge in [-0.25, -0.2) is 19.9 Å². The van der Waals surface area contributed by atoms with Crippen LogP contribution in [0.15, 0.2) is 146 Å². The van der Waals surface area contributed by atoms with Crippen LogP contribution < -0.4 is 9.64 Å². The van der Waals surface area contributed by atoms with E-state index in [0.29, 0.717) is 29.0 Å². The lowest BCUT2D eigenvalue weighted by Crippen LogP contribution is -2.21. The molecule has 0 N–H and O–H groups in total. The molecule has 8 heteroatoms. The Bertz CT molecular complexity index is 2550. The monoisotopic (exact) mass is 677 g/mol. The van der Waals surface area contributed by atoms with Crippen molar-refractivity contribution in [3.05, 3.63) is 157 Å². The van der Waals surface area contributed by atoms with Crippen molar-refractivity contribution in [2.45, 2.75) is 13.8 Å². The molecule has 3 aromatic heterocycles. The fourth-order valence-electron chi connectivity index (χ4n) is 6.70. The van der Waals surface area contributed by atoms with Gasteiger partial charge >= 0.3 is 0 Å². The molecule has 0 amide bonds. The topological polar surface area (TPSA) is 72.2 Å². The Labute approximate surface area is 302 Å². The van der Waals surface area contributed by atoms with Crippen LogP contribution >= 0.6 is 0 Å². The lowest BCUT2D eigenvalue weighted by molar-refractivity contribution is 0.482. The molecule has 0 fully saturated rings. The minimum Gasteiger partial charge on any atom is -0.456 e. The highest BCUT2D eigenvalue weighted by Gasteiger charge is 2.22. The van der Waals surface area contributed by atoms with E-state index in [-0.39, 0.29) is 0 Å². The molecule has 1 aliphatic heterocycles. The number of para-hydroxylation sites is 1. The number of aryl methyl sites for hydroxylation is 2. The van der Waals surface area contributed by atoms with Crippen molar-refractivity contribution < 1.29 is 4.74 Å². The van der Waals surface area contributed by atoms with Crippen molar-refractivity contribution >= 4 is 27.5 Å². The maximum absolute atomic E-state index is 6.91. The molecule has 9 rings (SSSR count). The number of hydrogen-bond acceptors (Lipinski definition) is 7. The van der Waals surface area contributed by atoms with Gasteiger partial charge in [0.2, 0.25) is 0 Å². The molecule has 0 unspecified atom stereocenters. The first-order chi connectivity index (χ1) is 25.5. The third-order valence-corrected chi connectivity index (χ3v) is 9.40. The van der Waals surface area contributed by atoms with Crippen LogP contribution in [0, 0.1) is 13.8 Å². The number of aromatic nitrogens is 5. The fourth-order valence-corrected chi connectivity index (χ4v) is 6.70. The van der Waals surface area contributed by atoms with Crippen LogP contribution in [0.2, 0.25) is 0 Å². The molecule has 1 aliphatic rings. The third-order valence-electron chi connectivity index (χ3n) is 9.40. The van der Waals surface area contributed by atoms with Crippen molar-refractivity contribution in [1.29, 1.82) is 0 Å². The highest BCUT2D eigenvalue weighted by Crippen LogP contribution is 2.42. The van der Waals surface area contributed by atoms with E-state index in [1.807, 2.05) is 36.5 Å². The molecule has 5 aromatic carbocycles. The summed E-state index contributed by atoms with van der Waals surface area (Å²) in [6.45, 7) is 4.92. The molecule has 0 radical (unpaired) electrons. The molecule has 252 valence electrons. The molecule has 0 aliphatic carbocycles. The molecule has 0 atom stereocenters. The summed E-state index contributed by atoms with van der Waals surface area (Å²) in [5, 5.41) is 2.13. The van der Waals surface area contributed by atoms with Gasteiger partial charge in [-0.15, -0.1) is 0 Å². The summed E-state index contributed by atoms with van der Waals surface area (Å²) in [4.78, 5) is 24.4. The van der Waals surface area contributed by atoms with Crippen LogP contribution in [0.1, 0.15) is 11.1 Å². The van der Waals surface area contributed by atoms with Crippen LogP contribution in [0.25, 0.3) is 61.8 Å². The Morgan fingerprint density at radius 1 is 0.596 bits per heavy atom. The molecular weight excluding hydrogens is 643 g/mol. The van der Waals surface area contributed by atoms with Gasteiger partial charge < -0.3 is 14.5 Å². The number of ether oxygens (including phenoxy) is 1. The molecule has 8 aromatic rings. The summed E-state index contributed by atoms with van der Waals surface area (Å²) in [6, 6.07) is 43.3. The summed E-state index contributed by atoms with van der Waals surface area (Å²) in [5.74, 6) is 3.85. The highest BCUT2D eigenvalue weighted by atomic mass is 16.5. The molecule has 0 spiro atoms. The predicted molar refractivity (Wildman–Crippen MR) is 209 cm³/mol. The van der Waals surface area contributed by atoms with Gasteiger partial charge in [0.1, 0.15) is 17.3 Å². The normalized spacial score (nSPS) is 12.7. The smallest absolute Gasteiger partial charge is 0.167 e. The summed E-state index contributed by atoms with van der Waals surface area (Å²) in [6.07, 6.45) is 5.96. The molecule has 52 heavy (non-hydrogen) atoms. The highest BCUT2D eigenvalue weighted by molar-refractivity contribution is 6.11. The largest absolute Gasteiger partial charge is 0.456 e. The van der Waals surface area contributed by atoms with E-state index in [9.17, 15) is 0 Å². The Hall–Kier alpha value is -6.80. The zero-order valence-electron chi connectivity index (χ0n) is 29.1. The molecule has 0 saturated carbocycles. The average molecular weight is 678 g/mol. The first-order valence-corrected chi connectivity index (χ1v) is 17.3. The van der Waals surface area contributed by atoms with Crippen molar-refractivity contribution in [2.75, 3.05) is 18.6 Å². The van der Waals surface area contributed by atoms with E-state index >= 15 is 0 Å². The van der Waals surface area contributed by atoms with E-state index in [4.69, 9.17) is 24.7 Å². The van der Waals surface area contributed by atoms with Gasteiger partial charge in [0.05, 0.1) is 23.3 Å². The summed E-state index contributed by atoms with van der Waals surface area (Å²) in [7, 11) is 2.06. The maximum atomic E-state index is 6.91. The van der Waals surface area contributed by atoms with E-state index in [0.717, 1.165) is 56.7 Å². The van der Waals surface area contributed by atoms with Crippen LogP contribution in [0.4, 0.5) is 5.69 Å². The number of benzene rings is 5. The standard InChI is InChI=1S/C44H35N7O/c1-29-14-18-31(19-15-29)42-46-43(32-20-16-30(2)17-21-32)48-44(47-42)37-26-36-35-11-4-5-12-38(35)51(41-13-6-7-22-45-41)39(36)27-40(37)52-34-10-8-9-33(25-34)50-24-23-49(3)28-50/h4-27H,28H2,1-3H3.